The van der Waals surface area contributed by atoms with Crippen molar-refractivity contribution in [2.45, 2.75) is 0 Å². The molecule has 0 saturated heterocycles. The minimum absolute atomic E-state index is 0.200. The smallest absolute Gasteiger partial charge is 0.258 e. The summed E-state index contributed by atoms with van der Waals surface area (Å²) in [6.45, 7) is 0. The number of H-pyrrole nitrogens is 2. The first-order valence-electron chi connectivity index (χ1n) is 10.5. The zero-order valence-electron chi connectivity index (χ0n) is 17.8. The number of pyridine rings is 1. The average Bonchev–Trinajstić information content (AvgIpc) is 3.23. The number of fused-ring (bicyclic) bond motifs is 1. The van der Waals surface area contributed by atoms with Gasteiger partial charge in [0.05, 0.1) is 11.3 Å². The van der Waals surface area contributed by atoms with E-state index >= 15 is 0 Å². The fourth-order valence-corrected chi connectivity index (χ4v) is 4.03. The molecule has 3 aromatic carbocycles. The number of hydrogen-bond donors (Lipinski definition) is 2. The Hall–Kier alpha value is -4.45. The monoisotopic (exact) mass is 437 g/mol. The molecule has 5 nitrogen and oxygen atoms in total. The van der Waals surface area contributed by atoms with Crippen LogP contribution in [0.25, 0.3) is 33.3 Å². The van der Waals surface area contributed by atoms with Crippen LogP contribution in [-0.2, 0) is 0 Å². The molecule has 0 bridgehead atoms. The summed E-state index contributed by atoms with van der Waals surface area (Å²) in [6, 6.07) is 24.5. The Balaban J connectivity index is 1.67. The summed E-state index contributed by atoms with van der Waals surface area (Å²) in [5.41, 5.74) is 4.68. The van der Waals surface area contributed by atoms with Gasteiger partial charge in [-0.05, 0) is 60.2 Å². The van der Waals surface area contributed by atoms with Gasteiger partial charge in [0.1, 0.15) is 5.82 Å². The van der Waals surface area contributed by atoms with Crippen LogP contribution < -0.4 is 10.5 Å². The Bertz CT molecular complexity index is 1520. The zero-order valence-corrected chi connectivity index (χ0v) is 17.8. The summed E-state index contributed by atoms with van der Waals surface area (Å²) >= 11 is 0. The fraction of sp³-hybridized carbons (Fsp3) is 0.0370. The van der Waals surface area contributed by atoms with E-state index in [1.807, 2.05) is 42.5 Å². The minimum atomic E-state index is -0.357. The number of rotatable bonds is 4. The molecular weight excluding hydrogens is 417 g/mol. The summed E-state index contributed by atoms with van der Waals surface area (Å²) < 4.78 is 13.3. The predicted octanol–water partition coefficient (Wildman–Crippen LogP) is 5.61. The molecule has 6 heteroatoms. The molecule has 0 saturated carbocycles. The van der Waals surface area contributed by atoms with Crippen LogP contribution in [0.5, 0.6) is 0 Å². The zero-order chi connectivity index (χ0) is 22.9. The van der Waals surface area contributed by atoms with Crippen LogP contribution in [0.2, 0.25) is 0 Å². The van der Waals surface area contributed by atoms with Crippen molar-refractivity contribution in [3.05, 3.63) is 113 Å². The minimum Gasteiger partial charge on any atom is -0.354 e. The number of amides is 1. The molecule has 0 fully saturated rings. The van der Waals surface area contributed by atoms with Crippen molar-refractivity contribution >= 4 is 22.5 Å². The van der Waals surface area contributed by atoms with Crippen molar-refractivity contribution in [2.75, 3.05) is 11.9 Å². The topological polar surface area (TPSA) is 69.0 Å². The number of anilines is 1. The normalized spacial score (nSPS) is 11.0. The van der Waals surface area contributed by atoms with Gasteiger partial charge in [0.15, 0.2) is 0 Å². The lowest BCUT2D eigenvalue weighted by Crippen LogP contribution is -2.26. The third-order valence-electron chi connectivity index (χ3n) is 5.71. The van der Waals surface area contributed by atoms with E-state index in [9.17, 15) is 14.0 Å². The maximum absolute atomic E-state index is 13.3. The van der Waals surface area contributed by atoms with Gasteiger partial charge in [0, 0.05) is 41.0 Å². The Morgan fingerprint density at radius 3 is 2.39 bits per heavy atom. The molecule has 0 aliphatic rings. The van der Waals surface area contributed by atoms with Crippen LogP contribution in [0.3, 0.4) is 0 Å². The van der Waals surface area contributed by atoms with Crippen molar-refractivity contribution in [1.82, 2.24) is 9.97 Å². The number of nitrogens with one attached hydrogen (secondary N) is 2. The van der Waals surface area contributed by atoms with E-state index < -0.39 is 0 Å². The molecule has 162 valence electrons. The van der Waals surface area contributed by atoms with Crippen molar-refractivity contribution < 1.29 is 9.18 Å². The number of carbonyl (C=O) groups excluding carboxylic acids is 1. The lowest BCUT2D eigenvalue weighted by atomic mass is 9.98. The summed E-state index contributed by atoms with van der Waals surface area (Å²) in [5.74, 6) is -0.577. The van der Waals surface area contributed by atoms with Crippen molar-refractivity contribution in [3.63, 3.8) is 0 Å². The van der Waals surface area contributed by atoms with Crippen molar-refractivity contribution in [2.24, 2.45) is 0 Å². The largest absolute Gasteiger partial charge is 0.354 e. The number of hydrogen-bond acceptors (Lipinski definition) is 2. The second-order valence-corrected chi connectivity index (χ2v) is 7.75. The predicted molar refractivity (Wildman–Crippen MR) is 129 cm³/mol. The first-order valence-corrected chi connectivity index (χ1v) is 10.5. The van der Waals surface area contributed by atoms with E-state index in [2.05, 4.69) is 9.97 Å². The third-order valence-corrected chi connectivity index (χ3v) is 5.71. The SMILES string of the molecule is CN(C(=O)c1ccc2[nH]c(-c3ccc[nH]c3=O)c(-c3ccccc3)c2c1)c1ccc(F)cc1. The van der Waals surface area contributed by atoms with Gasteiger partial charge in [-0.15, -0.1) is 0 Å². The van der Waals surface area contributed by atoms with Gasteiger partial charge in [0.2, 0.25) is 0 Å². The molecule has 0 spiro atoms. The van der Waals surface area contributed by atoms with E-state index in [1.54, 1.807) is 43.6 Å². The maximum Gasteiger partial charge on any atom is 0.258 e. The number of benzene rings is 3. The lowest BCUT2D eigenvalue weighted by molar-refractivity contribution is 0.0993. The Morgan fingerprint density at radius 2 is 1.67 bits per heavy atom. The molecule has 2 heterocycles. The quantitative estimate of drug-likeness (QED) is 0.384. The first-order chi connectivity index (χ1) is 16.0. The van der Waals surface area contributed by atoms with Crippen LogP contribution >= 0.6 is 0 Å². The Kier molecular flexibility index (Phi) is 5.11. The number of aromatic nitrogens is 2. The Morgan fingerprint density at radius 1 is 0.909 bits per heavy atom. The first kappa shape index (κ1) is 20.5. The lowest BCUT2D eigenvalue weighted by Gasteiger charge is -2.17. The Labute approximate surface area is 189 Å². The van der Waals surface area contributed by atoms with E-state index in [0.29, 0.717) is 22.5 Å². The summed E-state index contributed by atoms with van der Waals surface area (Å²) in [6.07, 6.45) is 1.60. The summed E-state index contributed by atoms with van der Waals surface area (Å²) in [7, 11) is 1.66. The van der Waals surface area contributed by atoms with Gasteiger partial charge in [-0.1, -0.05) is 30.3 Å². The number of nitrogens with zero attached hydrogens (tertiary/aromatic N) is 1. The summed E-state index contributed by atoms with van der Waals surface area (Å²) in [5, 5.41) is 0.831. The van der Waals surface area contributed by atoms with Gasteiger partial charge in [-0.2, -0.15) is 0 Å². The molecule has 5 rings (SSSR count). The molecule has 0 aliphatic heterocycles. The van der Waals surface area contributed by atoms with Crippen molar-refractivity contribution in [1.29, 1.82) is 0 Å². The highest BCUT2D eigenvalue weighted by atomic mass is 19.1. The van der Waals surface area contributed by atoms with Gasteiger partial charge in [-0.25, -0.2) is 4.39 Å². The van der Waals surface area contributed by atoms with Gasteiger partial charge < -0.3 is 14.9 Å². The molecule has 0 radical (unpaired) electrons. The van der Waals surface area contributed by atoms with Crippen LogP contribution in [0.4, 0.5) is 10.1 Å². The van der Waals surface area contributed by atoms with Gasteiger partial charge in [-0.3, -0.25) is 9.59 Å². The highest BCUT2D eigenvalue weighted by Crippen LogP contribution is 2.37. The van der Waals surface area contributed by atoms with Crippen LogP contribution in [0, 0.1) is 5.82 Å². The van der Waals surface area contributed by atoms with Crippen LogP contribution in [0.1, 0.15) is 10.4 Å². The van der Waals surface area contributed by atoms with E-state index in [0.717, 1.165) is 22.0 Å². The molecule has 2 N–H and O–H groups in total. The molecule has 1 amide bonds. The molecule has 0 unspecified atom stereocenters. The highest BCUT2D eigenvalue weighted by Gasteiger charge is 2.20. The maximum atomic E-state index is 13.3. The molecule has 0 aliphatic carbocycles. The highest BCUT2D eigenvalue weighted by molar-refractivity contribution is 6.11. The van der Waals surface area contributed by atoms with E-state index in [1.165, 1.54) is 17.0 Å². The van der Waals surface area contributed by atoms with Crippen molar-refractivity contribution in [3.8, 4) is 22.4 Å². The number of aromatic amines is 2. The molecular formula is C27H20FN3O2. The van der Waals surface area contributed by atoms with Gasteiger partial charge >= 0.3 is 0 Å². The average molecular weight is 437 g/mol. The second kappa shape index (κ2) is 8.24. The van der Waals surface area contributed by atoms with E-state index in [4.69, 9.17) is 0 Å². The number of halogens is 1. The fourth-order valence-electron chi connectivity index (χ4n) is 4.03. The molecule has 33 heavy (non-hydrogen) atoms. The summed E-state index contributed by atoms with van der Waals surface area (Å²) in [4.78, 5) is 33.4. The standard InChI is InChI=1S/C27H20FN3O2/c1-31(20-12-10-19(28)11-13-20)27(33)18-9-14-23-22(16-18)24(17-6-3-2-4-7-17)25(30-23)21-8-5-15-29-26(21)32/h2-16,30H,1H3,(H,29,32). The van der Waals surface area contributed by atoms with E-state index in [-0.39, 0.29) is 17.3 Å². The number of carbonyl (C=O) groups is 1. The van der Waals surface area contributed by atoms with Crippen LogP contribution in [0.15, 0.2) is 95.9 Å². The second-order valence-electron chi connectivity index (χ2n) is 7.75. The third kappa shape index (κ3) is 3.72. The molecule has 2 aromatic heterocycles. The molecule has 0 atom stereocenters. The molecule has 5 aromatic rings. The van der Waals surface area contributed by atoms with Gasteiger partial charge in [0.25, 0.3) is 11.5 Å². The van der Waals surface area contributed by atoms with Crippen LogP contribution in [-0.4, -0.2) is 22.9 Å².